The number of aliphatic hydroxyl groups is 2. The van der Waals surface area contributed by atoms with E-state index in [-0.39, 0.29) is 36.4 Å². The van der Waals surface area contributed by atoms with Gasteiger partial charge in [-0.05, 0) is 49.7 Å². The first kappa shape index (κ1) is 23.8. The minimum absolute atomic E-state index is 0.0571. The Labute approximate surface area is 193 Å². The number of Topliss-reactive ketones (excluding diaryl/α,β-unsaturated/α-hetero) is 1. The number of aliphatic hydroxyl groups excluding tert-OH is 1. The highest BCUT2D eigenvalue weighted by Crippen LogP contribution is 2.67. The van der Waals surface area contributed by atoms with Gasteiger partial charge in [-0.3, -0.25) is 19.2 Å². The van der Waals surface area contributed by atoms with Crippen molar-refractivity contribution in [2.24, 2.45) is 28.6 Å². The fourth-order valence-electron chi connectivity index (χ4n) is 7.41. The Morgan fingerprint density at radius 1 is 1.18 bits per heavy atom. The molecule has 4 aliphatic rings. The summed E-state index contributed by atoms with van der Waals surface area (Å²) in [6.07, 6.45) is 4.88. The summed E-state index contributed by atoms with van der Waals surface area (Å²) in [7, 11) is 0. The lowest BCUT2D eigenvalue weighted by molar-refractivity contribution is -0.200. The summed E-state index contributed by atoms with van der Waals surface area (Å²) in [5.74, 6) is -2.38. The van der Waals surface area contributed by atoms with E-state index in [9.17, 15) is 29.4 Å². The van der Waals surface area contributed by atoms with E-state index in [4.69, 9.17) is 9.47 Å². The summed E-state index contributed by atoms with van der Waals surface area (Å²) in [4.78, 5) is 48.5. The molecule has 0 aromatic carbocycles. The smallest absolute Gasteiger partial charge is 0.303 e. The molecule has 0 unspecified atom stereocenters. The van der Waals surface area contributed by atoms with Crippen molar-refractivity contribution in [1.82, 2.24) is 0 Å². The lowest BCUT2D eigenvalue weighted by Crippen LogP contribution is -2.64. The molecule has 3 fully saturated rings. The lowest BCUT2D eigenvalue weighted by Gasteiger charge is -2.59. The van der Waals surface area contributed by atoms with Crippen molar-refractivity contribution in [3.8, 4) is 0 Å². The molecule has 0 radical (unpaired) electrons. The molecule has 8 heteroatoms. The number of hydrogen-bond donors (Lipinski definition) is 2. The Morgan fingerprint density at radius 3 is 2.52 bits per heavy atom. The summed E-state index contributed by atoms with van der Waals surface area (Å²) in [6, 6.07) is 0. The number of allylic oxidation sites excluding steroid dienone is 4. The van der Waals surface area contributed by atoms with Gasteiger partial charge in [-0.25, -0.2) is 0 Å². The van der Waals surface area contributed by atoms with Crippen LogP contribution in [-0.4, -0.2) is 58.1 Å². The molecule has 0 aromatic rings. The second kappa shape index (κ2) is 7.87. The Balaban J connectivity index is 1.77. The number of esters is 2. The van der Waals surface area contributed by atoms with Crippen LogP contribution < -0.4 is 0 Å². The van der Waals surface area contributed by atoms with Crippen LogP contribution in [0.5, 0.6) is 0 Å². The van der Waals surface area contributed by atoms with E-state index in [2.05, 4.69) is 0 Å². The van der Waals surface area contributed by atoms with Gasteiger partial charge >= 0.3 is 11.9 Å². The van der Waals surface area contributed by atoms with Crippen LogP contribution in [0.15, 0.2) is 23.8 Å². The third-order valence-electron chi connectivity index (χ3n) is 8.84. The van der Waals surface area contributed by atoms with Crippen molar-refractivity contribution in [3.63, 3.8) is 0 Å². The summed E-state index contributed by atoms with van der Waals surface area (Å²) in [5.41, 5.74) is -2.73. The van der Waals surface area contributed by atoms with E-state index in [0.29, 0.717) is 12.8 Å². The molecular weight excluding hydrogens is 428 g/mol. The fourth-order valence-corrected chi connectivity index (χ4v) is 7.41. The maximum absolute atomic E-state index is 13.1. The monoisotopic (exact) mass is 460 g/mol. The molecule has 0 aliphatic heterocycles. The van der Waals surface area contributed by atoms with Crippen LogP contribution in [0.25, 0.3) is 0 Å². The number of fused-ring (bicyclic) bond motifs is 5. The van der Waals surface area contributed by atoms with Crippen LogP contribution in [0.2, 0.25) is 0 Å². The van der Waals surface area contributed by atoms with Gasteiger partial charge in [0.1, 0.15) is 6.10 Å². The van der Waals surface area contributed by atoms with Crippen molar-refractivity contribution < 1.29 is 38.9 Å². The first-order valence-corrected chi connectivity index (χ1v) is 11.5. The molecule has 0 bridgehead atoms. The first-order chi connectivity index (χ1) is 15.3. The minimum Gasteiger partial charge on any atom is -0.462 e. The zero-order valence-corrected chi connectivity index (χ0v) is 19.5. The minimum atomic E-state index is -2.13. The summed E-state index contributed by atoms with van der Waals surface area (Å²) < 4.78 is 10.7. The third kappa shape index (κ3) is 3.41. The van der Waals surface area contributed by atoms with Gasteiger partial charge in [0.25, 0.3) is 0 Å². The van der Waals surface area contributed by atoms with E-state index in [1.807, 2.05) is 13.0 Å². The number of ketones is 2. The van der Waals surface area contributed by atoms with Crippen molar-refractivity contribution in [1.29, 1.82) is 0 Å². The van der Waals surface area contributed by atoms with E-state index < -0.39 is 53.0 Å². The predicted octanol–water partition coefficient (Wildman–Crippen LogP) is 1.67. The van der Waals surface area contributed by atoms with Gasteiger partial charge in [-0.2, -0.15) is 0 Å². The second-order valence-electron chi connectivity index (χ2n) is 10.5. The van der Waals surface area contributed by atoms with Crippen LogP contribution in [0.1, 0.15) is 53.4 Å². The standard InChI is InChI=1S/C25H32O8/c1-13(26)32-12-21(30)25(31)20(29)10-18-17-6-5-15-9-16(28)7-8-23(15,3)22(17)19(33-14(2)27)11-24(18,25)4/h7-9,17-20,22,29,31H,5-6,10-12H2,1-4H3/t17-,18-,19+,20+,22+,23+,24-,25-/m1/s1. The Bertz CT molecular complexity index is 965. The fraction of sp³-hybridized carbons (Fsp3) is 0.680. The molecule has 2 N–H and O–H groups in total. The first-order valence-electron chi connectivity index (χ1n) is 11.5. The molecule has 180 valence electrons. The van der Waals surface area contributed by atoms with Gasteiger partial charge in [0.2, 0.25) is 5.78 Å². The van der Waals surface area contributed by atoms with Crippen LogP contribution in [0.3, 0.4) is 0 Å². The van der Waals surface area contributed by atoms with Crippen molar-refractivity contribution in [2.75, 3.05) is 6.61 Å². The summed E-state index contributed by atoms with van der Waals surface area (Å²) in [6.45, 7) is 5.67. The van der Waals surface area contributed by atoms with E-state index in [1.165, 1.54) is 13.8 Å². The van der Waals surface area contributed by atoms with Crippen molar-refractivity contribution in [3.05, 3.63) is 23.8 Å². The Hall–Kier alpha value is -2.32. The maximum Gasteiger partial charge on any atom is 0.303 e. The zero-order chi connectivity index (χ0) is 24.3. The normalized spacial score (nSPS) is 43.6. The molecule has 33 heavy (non-hydrogen) atoms. The molecule has 8 atom stereocenters. The van der Waals surface area contributed by atoms with Crippen molar-refractivity contribution in [2.45, 2.75) is 71.2 Å². The molecule has 0 spiro atoms. The highest BCUT2D eigenvalue weighted by molar-refractivity contribution is 6.01. The summed E-state index contributed by atoms with van der Waals surface area (Å²) >= 11 is 0. The highest BCUT2D eigenvalue weighted by atomic mass is 16.5. The Kier molecular flexibility index (Phi) is 5.69. The molecule has 0 aromatic heterocycles. The molecule has 3 saturated carbocycles. The van der Waals surface area contributed by atoms with Gasteiger partial charge in [0.05, 0.1) is 6.10 Å². The maximum atomic E-state index is 13.1. The largest absolute Gasteiger partial charge is 0.462 e. The highest BCUT2D eigenvalue weighted by Gasteiger charge is 2.72. The molecular formula is C25H32O8. The molecule has 0 heterocycles. The van der Waals surface area contributed by atoms with Crippen LogP contribution in [0.4, 0.5) is 0 Å². The molecule has 4 aliphatic carbocycles. The number of carbonyl (C=O) groups excluding carboxylic acids is 4. The number of hydrogen-bond acceptors (Lipinski definition) is 8. The SMILES string of the molecule is CC(=O)OCC(=O)[C@]1(O)[C@@H](O)C[C@@H]2[C@H]3CCC4=CC(=O)C=C[C@]4(C)[C@@H]3[C@@H](OC(C)=O)C[C@]21C. The topological polar surface area (TPSA) is 127 Å². The average Bonchev–Trinajstić information content (AvgIpc) is 2.93. The second-order valence-corrected chi connectivity index (χ2v) is 10.5. The number of carbonyl (C=O) groups is 4. The van der Waals surface area contributed by atoms with Gasteiger partial charge in [-0.1, -0.05) is 25.5 Å². The van der Waals surface area contributed by atoms with Crippen LogP contribution in [0, 0.1) is 28.6 Å². The predicted molar refractivity (Wildman–Crippen MR) is 116 cm³/mol. The van der Waals surface area contributed by atoms with Crippen LogP contribution in [-0.2, 0) is 28.7 Å². The molecule has 4 rings (SSSR count). The zero-order valence-electron chi connectivity index (χ0n) is 19.5. The van der Waals surface area contributed by atoms with Gasteiger partial charge < -0.3 is 19.7 Å². The average molecular weight is 461 g/mol. The quantitative estimate of drug-likeness (QED) is 0.607. The molecule has 0 saturated heterocycles. The summed E-state index contributed by atoms with van der Waals surface area (Å²) in [5, 5.41) is 22.6. The van der Waals surface area contributed by atoms with Gasteiger partial charge in [-0.15, -0.1) is 0 Å². The third-order valence-corrected chi connectivity index (χ3v) is 8.84. The Morgan fingerprint density at radius 2 is 1.88 bits per heavy atom. The number of ether oxygens (including phenoxy) is 2. The van der Waals surface area contributed by atoms with Gasteiger partial charge in [0, 0.05) is 30.6 Å². The van der Waals surface area contributed by atoms with Gasteiger partial charge in [0.15, 0.2) is 18.0 Å². The van der Waals surface area contributed by atoms with Crippen molar-refractivity contribution >= 4 is 23.5 Å². The van der Waals surface area contributed by atoms with Crippen LogP contribution >= 0.6 is 0 Å². The number of rotatable bonds is 4. The van der Waals surface area contributed by atoms with E-state index >= 15 is 0 Å². The van der Waals surface area contributed by atoms with E-state index in [0.717, 1.165) is 5.57 Å². The molecule has 0 amide bonds. The van der Waals surface area contributed by atoms with E-state index in [1.54, 1.807) is 19.1 Å². The molecule has 8 nitrogen and oxygen atoms in total. The lowest BCUT2D eigenvalue weighted by atomic mass is 9.46.